The Labute approximate surface area is 195 Å². The summed E-state index contributed by atoms with van der Waals surface area (Å²) in [5.74, 6) is 0.0636. The summed E-state index contributed by atoms with van der Waals surface area (Å²) in [6, 6.07) is 11.4. The van der Waals surface area contributed by atoms with Crippen molar-refractivity contribution in [1.82, 2.24) is 30.0 Å². The van der Waals surface area contributed by atoms with Crippen molar-refractivity contribution in [2.24, 2.45) is 0 Å². The zero-order chi connectivity index (χ0) is 23.1. The van der Waals surface area contributed by atoms with E-state index in [2.05, 4.69) is 31.6 Å². The van der Waals surface area contributed by atoms with Gasteiger partial charge in [0.25, 0.3) is 0 Å². The first-order valence-corrected chi connectivity index (χ1v) is 11.4. The largest absolute Gasteiger partial charge is 0.383 e. The zero-order valence-electron chi connectivity index (χ0n) is 18.5. The molecule has 7 nitrogen and oxygen atoms in total. The van der Waals surface area contributed by atoms with E-state index in [1.165, 1.54) is 6.07 Å². The van der Waals surface area contributed by atoms with Crippen LogP contribution in [0.25, 0.3) is 44.4 Å². The molecule has 6 rings (SSSR count). The molecule has 1 aliphatic rings. The van der Waals surface area contributed by atoms with Gasteiger partial charge in [0.1, 0.15) is 11.6 Å². The first-order valence-electron chi connectivity index (χ1n) is 11.4. The minimum Gasteiger partial charge on any atom is -0.383 e. The van der Waals surface area contributed by atoms with Gasteiger partial charge in [-0.05, 0) is 67.7 Å². The van der Waals surface area contributed by atoms with Crippen LogP contribution >= 0.6 is 0 Å². The number of hydrogen-bond acceptors (Lipinski definition) is 5. The SMILES string of the molecule is Nc1ncc(-c2cnn(C3CCNCC3)c2)cc1-c1cc2c(-c3ccc[nH]3)ccc(F)c2cn1. The van der Waals surface area contributed by atoms with Crippen LogP contribution in [0.2, 0.25) is 0 Å². The van der Waals surface area contributed by atoms with E-state index in [-0.39, 0.29) is 5.82 Å². The smallest absolute Gasteiger partial charge is 0.132 e. The lowest BCUT2D eigenvalue weighted by molar-refractivity contribution is 0.343. The molecule has 4 N–H and O–H groups in total. The molecule has 0 saturated carbocycles. The number of piperidine rings is 1. The number of aromatic amines is 1. The molecule has 4 aromatic heterocycles. The Morgan fingerprint density at radius 2 is 1.82 bits per heavy atom. The predicted octanol–water partition coefficient (Wildman–Crippen LogP) is 4.80. The van der Waals surface area contributed by atoms with Crippen molar-refractivity contribution >= 4 is 16.6 Å². The van der Waals surface area contributed by atoms with Crippen LogP contribution in [0.1, 0.15) is 18.9 Å². The van der Waals surface area contributed by atoms with Gasteiger partial charge >= 0.3 is 0 Å². The summed E-state index contributed by atoms with van der Waals surface area (Å²) in [6.07, 6.45) is 11.2. The molecule has 0 spiro atoms. The van der Waals surface area contributed by atoms with E-state index in [1.807, 2.05) is 41.3 Å². The number of anilines is 1. The summed E-state index contributed by atoms with van der Waals surface area (Å²) in [5.41, 5.74) is 11.3. The Morgan fingerprint density at radius 3 is 2.65 bits per heavy atom. The van der Waals surface area contributed by atoms with Gasteiger partial charge in [-0.2, -0.15) is 5.10 Å². The molecule has 8 heteroatoms. The van der Waals surface area contributed by atoms with Crippen molar-refractivity contribution < 1.29 is 4.39 Å². The van der Waals surface area contributed by atoms with Crippen LogP contribution in [0.15, 0.2) is 67.4 Å². The van der Waals surface area contributed by atoms with Crippen molar-refractivity contribution in [1.29, 1.82) is 0 Å². The fraction of sp³-hybridized carbons (Fsp3) is 0.192. The minimum atomic E-state index is -0.311. The summed E-state index contributed by atoms with van der Waals surface area (Å²) >= 11 is 0. The fourth-order valence-electron chi connectivity index (χ4n) is 4.68. The highest BCUT2D eigenvalue weighted by molar-refractivity contribution is 5.98. The topological polar surface area (TPSA) is 97.4 Å². The first-order chi connectivity index (χ1) is 16.7. The summed E-state index contributed by atoms with van der Waals surface area (Å²) in [7, 11) is 0. The second-order valence-corrected chi connectivity index (χ2v) is 8.64. The maximum Gasteiger partial charge on any atom is 0.132 e. The second kappa shape index (κ2) is 8.39. The Kier molecular flexibility index (Phi) is 5.07. The zero-order valence-corrected chi connectivity index (χ0v) is 18.5. The number of pyridine rings is 2. The van der Waals surface area contributed by atoms with Gasteiger partial charge in [-0.1, -0.05) is 0 Å². The second-order valence-electron chi connectivity index (χ2n) is 8.64. The maximum atomic E-state index is 14.6. The Hall–Kier alpha value is -4.04. The van der Waals surface area contributed by atoms with Crippen LogP contribution in [-0.2, 0) is 0 Å². The molecule has 0 unspecified atom stereocenters. The number of rotatable bonds is 4. The summed E-state index contributed by atoms with van der Waals surface area (Å²) in [4.78, 5) is 12.2. The minimum absolute atomic E-state index is 0.311. The fourth-order valence-corrected chi connectivity index (χ4v) is 4.68. The van der Waals surface area contributed by atoms with Crippen molar-refractivity contribution in [2.45, 2.75) is 18.9 Å². The number of nitrogen functional groups attached to an aromatic ring is 1. The number of H-pyrrole nitrogens is 1. The number of nitrogens with zero attached hydrogens (tertiary/aromatic N) is 4. The average Bonchev–Trinajstić information content (AvgIpc) is 3.58. The molecule has 1 fully saturated rings. The van der Waals surface area contributed by atoms with Gasteiger partial charge in [0.15, 0.2) is 0 Å². The van der Waals surface area contributed by atoms with Gasteiger partial charge in [-0.15, -0.1) is 0 Å². The third kappa shape index (κ3) is 3.62. The van der Waals surface area contributed by atoms with E-state index in [4.69, 9.17) is 5.73 Å². The lowest BCUT2D eigenvalue weighted by Crippen LogP contribution is -2.29. The van der Waals surface area contributed by atoms with Crippen LogP contribution in [0, 0.1) is 5.82 Å². The first kappa shape index (κ1) is 20.6. The van der Waals surface area contributed by atoms with Crippen molar-refractivity contribution in [2.75, 3.05) is 18.8 Å². The van der Waals surface area contributed by atoms with Gasteiger partial charge in [-0.25, -0.2) is 9.37 Å². The van der Waals surface area contributed by atoms with Gasteiger partial charge in [-0.3, -0.25) is 9.67 Å². The molecule has 1 aliphatic heterocycles. The molecule has 170 valence electrons. The highest BCUT2D eigenvalue weighted by Gasteiger charge is 2.17. The van der Waals surface area contributed by atoms with Gasteiger partial charge in [0.05, 0.1) is 17.9 Å². The quantitative estimate of drug-likeness (QED) is 0.363. The van der Waals surface area contributed by atoms with Gasteiger partial charge in [0.2, 0.25) is 0 Å². The van der Waals surface area contributed by atoms with Crippen molar-refractivity contribution in [3.05, 3.63) is 73.2 Å². The number of nitrogens with two attached hydrogens (primary N) is 1. The number of halogens is 1. The van der Waals surface area contributed by atoms with E-state index in [1.54, 1.807) is 18.5 Å². The molecule has 0 aliphatic carbocycles. The molecule has 34 heavy (non-hydrogen) atoms. The molecule has 0 radical (unpaired) electrons. The lowest BCUT2D eigenvalue weighted by atomic mass is 10.00. The molecule has 5 aromatic rings. The number of benzene rings is 1. The van der Waals surface area contributed by atoms with Crippen molar-refractivity contribution in [3.63, 3.8) is 0 Å². The summed E-state index contributed by atoms with van der Waals surface area (Å²) < 4.78 is 16.6. The molecular weight excluding hydrogens is 429 g/mol. The van der Waals surface area contributed by atoms with Gasteiger partial charge < -0.3 is 16.0 Å². The van der Waals surface area contributed by atoms with E-state index >= 15 is 0 Å². The molecule has 1 saturated heterocycles. The van der Waals surface area contributed by atoms with Gasteiger partial charge in [0, 0.05) is 58.1 Å². The lowest BCUT2D eigenvalue weighted by Gasteiger charge is -2.22. The van der Waals surface area contributed by atoms with Crippen LogP contribution in [0.3, 0.4) is 0 Å². The normalized spacial score (nSPS) is 14.6. The van der Waals surface area contributed by atoms with E-state index in [0.717, 1.165) is 53.7 Å². The Balaban J connectivity index is 1.42. The van der Waals surface area contributed by atoms with Crippen LogP contribution in [0.5, 0.6) is 0 Å². The number of nitrogens with one attached hydrogen (secondary N) is 2. The molecule has 0 atom stereocenters. The van der Waals surface area contributed by atoms with E-state index in [0.29, 0.717) is 28.5 Å². The number of aromatic nitrogens is 5. The molecule has 0 bridgehead atoms. The Bertz CT molecular complexity index is 1470. The van der Waals surface area contributed by atoms with E-state index in [9.17, 15) is 4.39 Å². The number of fused-ring (bicyclic) bond motifs is 1. The monoisotopic (exact) mass is 453 g/mol. The highest BCUT2D eigenvalue weighted by atomic mass is 19.1. The number of hydrogen-bond donors (Lipinski definition) is 3. The van der Waals surface area contributed by atoms with E-state index < -0.39 is 0 Å². The third-order valence-corrected chi connectivity index (χ3v) is 6.55. The van der Waals surface area contributed by atoms with Crippen LogP contribution < -0.4 is 11.1 Å². The highest BCUT2D eigenvalue weighted by Crippen LogP contribution is 2.34. The predicted molar refractivity (Wildman–Crippen MR) is 131 cm³/mol. The van der Waals surface area contributed by atoms with Crippen molar-refractivity contribution in [3.8, 4) is 33.6 Å². The molecular formula is C26H24FN7. The van der Waals surface area contributed by atoms with Crippen LogP contribution in [0.4, 0.5) is 10.2 Å². The Morgan fingerprint density at radius 1 is 0.941 bits per heavy atom. The third-order valence-electron chi connectivity index (χ3n) is 6.55. The summed E-state index contributed by atoms with van der Waals surface area (Å²) in [6.45, 7) is 2.01. The molecule has 5 heterocycles. The van der Waals surface area contributed by atoms with Crippen LogP contribution in [-0.4, -0.2) is 37.8 Å². The molecule has 1 aromatic carbocycles. The maximum absolute atomic E-state index is 14.6. The average molecular weight is 454 g/mol. The standard InChI is InChI=1S/C26H24FN7/c27-23-4-3-19(24-2-1-7-30-24)20-11-25(31-14-22(20)23)21-10-16(12-32-26(21)28)17-13-33-34(15-17)18-5-8-29-9-6-18/h1-4,7,10-15,18,29-30H,5-6,8-9H2,(H2,28,32). The molecule has 0 amide bonds. The summed E-state index contributed by atoms with van der Waals surface area (Å²) in [5, 5.41) is 9.21.